The molecule has 0 radical (unpaired) electrons. The van der Waals surface area contributed by atoms with E-state index in [4.69, 9.17) is 4.74 Å². The van der Waals surface area contributed by atoms with Crippen molar-refractivity contribution < 1.29 is 27.5 Å². The predicted octanol–water partition coefficient (Wildman–Crippen LogP) is 2.32. The molecule has 1 amide bonds. The maximum Gasteiger partial charge on any atom is 0.337 e. The molecule has 2 aromatic carbocycles. The second-order valence-corrected chi connectivity index (χ2v) is 8.66. The fourth-order valence-electron chi connectivity index (χ4n) is 3.16. The van der Waals surface area contributed by atoms with E-state index in [9.17, 15) is 18.0 Å². The van der Waals surface area contributed by atoms with Gasteiger partial charge in [0.25, 0.3) is 5.91 Å². The number of hydrogen-bond donors (Lipinski definition) is 2. The van der Waals surface area contributed by atoms with E-state index >= 15 is 0 Å². The third kappa shape index (κ3) is 5.80. The van der Waals surface area contributed by atoms with E-state index in [1.54, 1.807) is 36.4 Å². The number of para-hydroxylation sites is 1. The van der Waals surface area contributed by atoms with E-state index in [1.807, 2.05) is 0 Å². The van der Waals surface area contributed by atoms with E-state index in [-0.39, 0.29) is 29.0 Å². The maximum atomic E-state index is 12.6. The third-order valence-corrected chi connectivity index (χ3v) is 5.93. The molecule has 1 aliphatic rings. The topological polar surface area (TPSA) is 111 Å². The van der Waals surface area contributed by atoms with Gasteiger partial charge in [0.05, 0.1) is 35.8 Å². The summed E-state index contributed by atoms with van der Waals surface area (Å²) in [6.45, 7) is 1.07. The molecule has 30 heavy (non-hydrogen) atoms. The molecule has 0 bridgehead atoms. The molecule has 9 heteroatoms. The van der Waals surface area contributed by atoms with Gasteiger partial charge in [0.2, 0.25) is 10.0 Å². The van der Waals surface area contributed by atoms with Crippen LogP contribution in [0.3, 0.4) is 0 Å². The van der Waals surface area contributed by atoms with Crippen molar-refractivity contribution in [2.45, 2.75) is 24.7 Å². The number of carbonyl (C=O) groups is 2. The summed E-state index contributed by atoms with van der Waals surface area (Å²) >= 11 is 0. The van der Waals surface area contributed by atoms with Crippen molar-refractivity contribution >= 4 is 27.6 Å². The molecule has 0 saturated carbocycles. The Kier molecular flexibility index (Phi) is 7.07. The number of anilines is 1. The molecular weight excluding hydrogens is 408 g/mol. The van der Waals surface area contributed by atoms with E-state index < -0.39 is 16.0 Å². The lowest BCUT2D eigenvalue weighted by Crippen LogP contribution is -2.32. The van der Waals surface area contributed by atoms with Gasteiger partial charge in [-0.1, -0.05) is 24.3 Å². The molecular formula is C21H24N2O6S. The molecule has 1 heterocycles. The van der Waals surface area contributed by atoms with Crippen LogP contribution in [0, 0.1) is 0 Å². The molecule has 1 atom stereocenters. The Hall–Kier alpha value is -2.91. The highest BCUT2D eigenvalue weighted by Gasteiger charge is 2.20. The van der Waals surface area contributed by atoms with Crippen molar-refractivity contribution in [1.29, 1.82) is 0 Å². The zero-order valence-corrected chi connectivity index (χ0v) is 17.4. The van der Waals surface area contributed by atoms with Gasteiger partial charge in [-0.05, 0) is 42.7 Å². The average Bonchev–Trinajstić information content (AvgIpc) is 3.25. The lowest BCUT2D eigenvalue weighted by molar-refractivity contribution is 0.0600. The predicted molar refractivity (Wildman–Crippen MR) is 112 cm³/mol. The number of methoxy groups -OCH3 is 1. The third-order valence-electron chi connectivity index (χ3n) is 4.68. The Bertz CT molecular complexity index is 998. The highest BCUT2D eigenvalue weighted by Crippen LogP contribution is 2.19. The highest BCUT2D eigenvalue weighted by molar-refractivity contribution is 7.91. The number of sulfonamides is 1. The number of benzene rings is 2. The first kappa shape index (κ1) is 21.8. The quantitative estimate of drug-likeness (QED) is 0.620. The van der Waals surface area contributed by atoms with Gasteiger partial charge < -0.3 is 14.8 Å². The molecule has 2 aromatic rings. The summed E-state index contributed by atoms with van der Waals surface area (Å²) in [5.74, 6) is -1.17. The Morgan fingerprint density at radius 2 is 1.87 bits per heavy atom. The summed E-state index contributed by atoms with van der Waals surface area (Å²) in [5.41, 5.74) is 1.27. The number of rotatable bonds is 8. The molecule has 0 aliphatic carbocycles. The van der Waals surface area contributed by atoms with Crippen LogP contribution < -0.4 is 10.0 Å². The lowest BCUT2D eigenvalue weighted by atomic mass is 10.1. The van der Waals surface area contributed by atoms with E-state index in [0.29, 0.717) is 24.3 Å². The first-order valence-corrected chi connectivity index (χ1v) is 11.2. The summed E-state index contributed by atoms with van der Waals surface area (Å²) in [7, 11) is -2.51. The number of ether oxygens (including phenoxy) is 2. The van der Waals surface area contributed by atoms with Gasteiger partial charge in [-0.2, -0.15) is 0 Å². The second kappa shape index (κ2) is 9.73. The van der Waals surface area contributed by atoms with Gasteiger partial charge in [-0.15, -0.1) is 0 Å². The maximum absolute atomic E-state index is 12.6. The summed E-state index contributed by atoms with van der Waals surface area (Å²) in [6.07, 6.45) is 1.85. The Morgan fingerprint density at radius 1 is 1.13 bits per heavy atom. The van der Waals surface area contributed by atoms with Crippen LogP contribution in [0.15, 0.2) is 48.5 Å². The number of esters is 1. The van der Waals surface area contributed by atoms with Crippen LogP contribution in [-0.4, -0.2) is 46.7 Å². The van der Waals surface area contributed by atoms with Crippen molar-refractivity contribution in [1.82, 2.24) is 5.32 Å². The van der Waals surface area contributed by atoms with Crippen molar-refractivity contribution in [3.8, 4) is 0 Å². The Balaban J connectivity index is 1.67. The lowest BCUT2D eigenvalue weighted by Gasteiger charge is -2.14. The van der Waals surface area contributed by atoms with Gasteiger partial charge in [-0.3, -0.25) is 9.52 Å². The standard InChI is InChI=1S/C21H24N2O6S/c1-28-21(25)16-10-8-15(9-11-16)14-30(26,27)23-19-7-3-2-6-18(19)20(24)22-13-17-5-4-12-29-17/h2-3,6-11,17,23H,4-5,12-14H2,1H3,(H,22,24)/t17-/m1/s1. The fraction of sp³-hybridized carbons (Fsp3) is 0.333. The van der Waals surface area contributed by atoms with Gasteiger partial charge in [-0.25, -0.2) is 13.2 Å². The molecule has 0 spiro atoms. The minimum absolute atomic E-state index is 0.00855. The average molecular weight is 432 g/mol. The number of nitrogens with one attached hydrogen (secondary N) is 2. The second-order valence-electron chi connectivity index (χ2n) is 6.94. The monoisotopic (exact) mass is 432 g/mol. The van der Waals surface area contributed by atoms with E-state index in [0.717, 1.165) is 12.8 Å². The summed E-state index contributed by atoms with van der Waals surface area (Å²) in [5, 5.41) is 2.80. The van der Waals surface area contributed by atoms with Crippen LogP contribution in [0.4, 0.5) is 5.69 Å². The van der Waals surface area contributed by atoms with Crippen molar-refractivity contribution in [3.05, 3.63) is 65.2 Å². The van der Waals surface area contributed by atoms with Crippen LogP contribution in [0.2, 0.25) is 0 Å². The zero-order chi connectivity index (χ0) is 21.6. The minimum atomic E-state index is -3.78. The molecule has 0 unspecified atom stereocenters. The van der Waals surface area contributed by atoms with Crippen molar-refractivity contribution in [2.75, 3.05) is 25.0 Å². The first-order chi connectivity index (χ1) is 14.4. The van der Waals surface area contributed by atoms with Gasteiger partial charge in [0.1, 0.15) is 0 Å². The van der Waals surface area contributed by atoms with Gasteiger partial charge in [0, 0.05) is 13.2 Å². The molecule has 1 saturated heterocycles. The van der Waals surface area contributed by atoms with Crippen LogP contribution in [0.25, 0.3) is 0 Å². The van der Waals surface area contributed by atoms with Crippen LogP contribution in [0.1, 0.15) is 39.1 Å². The Morgan fingerprint density at radius 3 is 2.53 bits per heavy atom. The first-order valence-electron chi connectivity index (χ1n) is 9.54. The molecule has 2 N–H and O–H groups in total. The fourth-order valence-corrected chi connectivity index (χ4v) is 4.37. The summed E-state index contributed by atoms with van der Waals surface area (Å²) < 4.78 is 37.9. The van der Waals surface area contributed by atoms with E-state index in [2.05, 4.69) is 14.8 Å². The van der Waals surface area contributed by atoms with Gasteiger partial charge >= 0.3 is 5.97 Å². The van der Waals surface area contributed by atoms with Gasteiger partial charge in [0.15, 0.2) is 0 Å². The molecule has 1 fully saturated rings. The van der Waals surface area contributed by atoms with Crippen molar-refractivity contribution in [3.63, 3.8) is 0 Å². The largest absolute Gasteiger partial charge is 0.465 e. The van der Waals surface area contributed by atoms with Crippen LogP contribution in [0.5, 0.6) is 0 Å². The number of amides is 1. The molecule has 1 aliphatic heterocycles. The summed E-state index contributed by atoms with van der Waals surface area (Å²) in [6, 6.07) is 12.5. The SMILES string of the molecule is COC(=O)c1ccc(CS(=O)(=O)Nc2ccccc2C(=O)NC[C@H]2CCCO2)cc1. The molecule has 160 valence electrons. The van der Waals surface area contributed by atoms with E-state index in [1.165, 1.54) is 19.2 Å². The van der Waals surface area contributed by atoms with Crippen LogP contribution >= 0.6 is 0 Å². The minimum Gasteiger partial charge on any atom is -0.465 e. The summed E-state index contributed by atoms with van der Waals surface area (Å²) in [4.78, 5) is 24.0. The zero-order valence-electron chi connectivity index (χ0n) is 16.6. The smallest absolute Gasteiger partial charge is 0.337 e. The highest BCUT2D eigenvalue weighted by atomic mass is 32.2. The number of carbonyl (C=O) groups excluding carboxylic acids is 2. The number of hydrogen-bond acceptors (Lipinski definition) is 6. The normalized spacial score (nSPS) is 16.1. The molecule has 8 nitrogen and oxygen atoms in total. The van der Waals surface area contributed by atoms with Crippen LogP contribution in [-0.2, 0) is 25.2 Å². The molecule has 3 rings (SSSR count). The molecule has 0 aromatic heterocycles. The van der Waals surface area contributed by atoms with Crippen molar-refractivity contribution in [2.24, 2.45) is 0 Å². The Labute approximate surface area is 175 Å².